The summed E-state index contributed by atoms with van der Waals surface area (Å²) < 4.78 is 4.41. The van der Waals surface area contributed by atoms with Gasteiger partial charge in [0, 0.05) is 35.6 Å². The van der Waals surface area contributed by atoms with Gasteiger partial charge in [-0.25, -0.2) is 0 Å². The molecule has 0 fully saturated rings. The van der Waals surface area contributed by atoms with Crippen molar-refractivity contribution in [2.75, 3.05) is 0 Å². The van der Waals surface area contributed by atoms with Crippen LogP contribution in [0, 0.1) is 11.7 Å². The molecule has 4 rings (SSSR count). The van der Waals surface area contributed by atoms with E-state index in [1.807, 2.05) is 30.5 Å². The van der Waals surface area contributed by atoms with Gasteiger partial charge in [-0.2, -0.15) is 14.9 Å². The number of nitrogens with zero attached hydrogens (tertiary/aromatic N) is 4. The zero-order valence-corrected chi connectivity index (χ0v) is 16.2. The van der Waals surface area contributed by atoms with E-state index in [9.17, 15) is 0 Å². The number of H-pyrrole nitrogens is 1. The van der Waals surface area contributed by atoms with Crippen LogP contribution in [0.3, 0.4) is 0 Å². The van der Waals surface area contributed by atoms with Crippen LogP contribution in [0.15, 0.2) is 59.7 Å². The van der Waals surface area contributed by atoms with E-state index in [-0.39, 0.29) is 0 Å². The third kappa shape index (κ3) is 3.36. The van der Waals surface area contributed by atoms with Gasteiger partial charge in [0.15, 0.2) is 5.82 Å². The minimum atomic E-state index is 0.507. The molecule has 2 aromatic heterocycles. The number of aromatic amines is 1. The Morgan fingerprint density at radius 3 is 2.63 bits per heavy atom. The summed E-state index contributed by atoms with van der Waals surface area (Å²) in [7, 11) is 2.07. The Kier molecular flexibility index (Phi) is 4.73. The normalized spacial score (nSPS) is 11.6. The van der Waals surface area contributed by atoms with Crippen molar-refractivity contribution in [3.05, 3.63) is 82.0 Å². The van der Waals surface area contributed by atoms with E-state index in [1.165, 1.54) is 22.2 Å². The van der Waals surface area contributed by atoms with Crippen molar-refractivity contribution in [1.29, 1.82) is 0 Å². The van der Waals surface area contributed by atoms with Gasteiger partial charge in [-0.05, 0) is 37.2 Å². The van der Waals surface area contributed by atoms with Gasteiger partial charge in [0.1, 0.15) is 0 Å². The summed E-state index contributed by atoms with van der Waals surface area (Å²) in [6.07, 6.45) is 3.54. The van der Waals surface area contributed by atoms with Gasteiger partial charge in [-0.1, -0.05) is 48.5 Å². The number of benzene rings is 2. The Balaban J connectivity index is 1.65. The zero-order valence-electron chi connectivity index (χ0n) is 15.4. The average molecular weight is 376 g/mol. The molecule has 27 heavy (non-hydrogen) atoms. The van der Waals surface area contributed by atoms with Gasteiger partial charge >= 0.3 is 0 Å². The number of para-hydroxylation sites is 1. The van der Waals surface area contributed by atoms with E-state index < -0.39 is 0 Å². The summed E-state index contributed by atoms with van der Waals surface area (Å²) in [6, 6.07) is 18.7. The summed E-state index contributed by atoms with van der Waals surface area (Å²) in [4.78, 5) is 0. The van der Waals surface area contributed by atoms with Crippen molar-refractivity contribution in [3.63, 3.8) is 0 Å². The highest BCUT2D eigenvalue weighted by Crippen LogP contribution is 2.23. The first-order valence-corrected chi connectivity index (χ1v) is 9.34. The van der Waals surface area contributed by atoms with Crippen LogP contribution >= 0.6 is 12.2 Å². The molecule has 5 nitrogen and oxygen atoms in total. The molecular weight excluding hydrogens is 354 g/mol. The molecule has 0 aliphatic rings. The lowest BCUT2D eigenvalue weighted by Crippen LogP contribution is -2.02. The molecule has 0 saturated carbocycles. The molecule has 0 amide bonds. The average Bonchev–Trinajstić information content (AvgIpc) is 3.17. The lowest BCUT2D eigenvalue weighted by molar-refractivity contribution is 0.750. The SMILES string of the molecule is Cc1c(/C=N\n2c(CCc3ccccc3)n[nH]c2=S)c2ccccc2n1C. The van der Waals surface area contributed by atoms with Crippen molar-refractivity contribution < 1.29 is 0 Å². The van der Waals surface area contributed by atoms with Gasteiger partial charge in [0.2, 0.25) is 4.77 Å². The smallest absolute Gasteiger partial charge is 0.216 e. The van der Waals surface area contributed by atoms with Gasteiger partial charge < -0.3 is 4.57 Å². The third-order valence-electron chi connectivity index (χ3n) is 4.95. The molecule has 1 N–H and O–H groups in total. The number of nitrogens with one attached hydrogen (secondary N) is 1. The highest BCUT2D eigenvalue weighted by atomic mass is 32.1. The lowest BCUT2D eigenvalue weighted by Gasteiger charge is -2.02. The molecule has 4 aromatic rings. The minimum absolute atomic E-state index is 0.507. The summed E-state index contributed by atoms with van der Waals surface area (Å²) >= 11 is 5.38. The largest absolute Gasteiger partial charge is 0.347 e. The molecule has 136 valence electrons. The van der Waals surface area contributed by atoms with E-state index in [4.69, 9.17) is 12.2 Å². The third-order valence-corrected chi connectivity index (χ3v) is 5.21. The van der Waals surface area contributed by atoms with Gasteiger partial charge in [0.05, 0.1) is 6.21 Å². The Morgan fingerprint density at radius 2 is 1.81 bits per heavy atom. The number of fused-ring (bicyclic) bond motifs is 1. The topological polar surface area (TPSA) is 50.9 Å². The van der Waals surface area contributed by atoms with Crippen LogP contribution in [-0.2, 0) is 19.9 Å². The number of rotatable bonds is 5. The highest BCUT2D eigenvalue weighted by molar-refractivity contribution is 7.71. The second-order valence-corrected chi connectivity index (χ2v) is 6.95. The summed E-state index contributed by atoms with van der Waals surface area (Å²) in [6.45, 7) is 2.10. The van der Waals surface area contributed by atoms with Crippen LogP contribution in [-0.4, -0.2) is 25.7 Å². The fourth-order valence-corrected chi connectivity index (χ4v) is 3.53. The summed E-state index contributed by atoms with van der Waals surface area (Å²) in [5.74, 6) is 0.831. The number of aryl methyl sites for hydroxylation is 3. The lowest BCUT2D eigenvalue weighted by atomic mass is 10.1. The van der Waals surface area contributed by atoms with E-state index >= 15 is 0 Å². The number of hydrogen-bond acceptors (Lipinski definition) is 3. The maximum absolute atomic E-state index is 5.38. The number of hydrogen-bond donors (Lipinski definition) is 1. The maximum Gasteiger partial charge on any atom is 0.216 e. The van der Waals surface area contributed by atoms with Crippen LogP contribution in [0.5, 0.6) is 0 Å². The van der Waals surface area contributed by atoms with E-state index in [2.05, 4.69) is 64.2 Å². The Morgan fingerprint density at radius 1 is 1.07 bits per heavy atom. The Hall–Kier alpha value is -2.99. The first-order chi connectivity index (χ1) is 13.1. The monoisotopic (exact) mass is 375 g/mol. The van der Waals surface area contributed by atoms with Crippen molar-refractivity contribution in [1.82, 2.24) is 19.4 Å². The van der Waals surface area contributed by atoms with Gasteiger partial charge in [-0.3, -0.25) is 5.10 Å². The predicted octanol–water partition coefficient (Wildman–Crippen LogP) is 4.41. The molecule has 0 aliphatic heterocycles. The molecule has 0 atom stereocenters. The van der Waals surface area contributed by atoms with Crippen LogP contribution in [0.1, 0.15) is 22.6 Å². The maximum atomic E-state index is 5.38. The van der Waals surface area contributed by atoms with Gasteiger partial charge in [0.25, 0.3) is 0 Å². The first kappa shape index (κ1) is 17.4. The Labute approximate surface area is 163 Å². The van der Waals surface area contributed by atoms with E-state index in [0.717, 1.165) is 24.2 Å². The fraction of sp³-hybridized carbons (Fsp3) is 0.190. The minimum Gasteiger partial charge on any atom is -0.347 e. The van der Waals surface area contributed by atoms with Crippen LogP contribution in [0.2, 0.25) is 0 Å². The molecule has 0 spiro atoms. The molecule has 0 aliphatic carbocycles. The number of aromatic nitrogens is 4. The fourth-order valence-electron chi connectivity index (χ4n) is 3.33. The molecule has 0 radical (unpaired) electrons. The van der Waals surface area contributed by atoms with Crippen LogP contribution < -0.4 is 0 Å². The molecule has 2 heterocycles. The molecule has 0 bridgehead atoms. The van der Waals surface area contributed by atoms with Crippen molar-refractivity contribution in [3.8, 4) is 0 Å². The predicted molar refractivity (Wildman–Crippen MR) is 112 cm³/mol. The van der Waals surface area contributed by atoms with E-state index in [1.54, 1.807) is 4.68 Å². The standard InChI is InChI=1S/C21H21N5S/c1-15-18(17-10-6-7-11-19(17)25(15)2)14-22-26-20(23-24-21(26)27)13-12-16-8-4-3-5-9-16/h3-11,14H,12-13H2,1-2H3,(H,24,27)/b22-14-. The molecular formula is C21H21N5S. The van der Waals surface area contributed by atoms with Crippen LogP contribution in [0.4, 0.5) is 0 Å². The quantitative estimate of drug-likeness (QED) is 0.415. The second-order valence-electron chi connectivity index (χ2n) is 6.56. The van der Waals surface area contributed by atoms with Crippen molar-refractivity contribution in [2.45, 2.75) is 19.8 Å². The molecule has 0 unspecified atom stereocenters. The van der Waals surface area contributed by atoms with Gasteiger partial charge in [-0.15, -0.1) is 0 Å². The zero-order chi connectivity index (χ0) is 18.8. The molecule has 0 saturated heterocycles. The summed E-state index contributed by atoms with van der Waals surface area (Å²) in [5.41, 5.74) is 4.73. The summed E-state index contributed by atoms with van der Waals surface area (Å²) in [5, 5.41) is 13.1. The van der Waals surface area contributed by atoms with E-state index in [0.29, 0.717) is 4.77 Å². The molecule has 6 heteroatoms. The Bertz CT molecular complexity index is 1160. The highest BCUT2D eigenvalue weighted by Gasteiger charge is 2.10. The first-order valence-electron chi connectivity index (χ1n) is 8.93. The molecule has 2 aromatic carbocycles. The second kappa shape index (κ2) is 7.32. The van der Waals surface area contributed by atoms with Crippen molar-refractivity contribution >= 4 is 29.3 Å². The van der Waals surface area contributed by atoms with Crippen molar-refractivity contribution in [2.24, 2.45) is 12.1 Å². The van der Waals surface area contributed by atoms with Crippen LogP contribution in [0.25, 0.3) is 10.9 Å².